The zero-order valence-electron chi connectivity index (χ0n) is 28.5. The molecule has 0 aliphatic carbocycles. The minimum Gasteiger partial charge on any atom is -0.401 e. The van der Waals surface area contributed by atoms with Crippen LogP contribution in [-0.4, -0.2) is 32.9 Å². The molecule has 7 heteroatoms. The Hall–Kier alpha value is -3.48. The fraction of sp³-hybridized carbons (Fsp3) is 0.385. The van der Waals surface area contributed by atoms with Crippen LogP contribution in [-0.2, 0) is 39.1 Å². The highest BCUT2D eigenvalue weighted by Crippen LogP contribution is 2.42. The topological polar surface area (TPSA) is 61.1 Å². The lowest BCUT2D eigenvalue weighted by atomic mass is 9.95. The van der Waals surface area contributed by atoms with E-state index in [9.17, 15) is 0 Å². The third kappa shape index (κ3) is 6.94. The largest absolute Gasteiger partial charge is 0.401 e. The number of benzene rings is 3. The van der Waals surface area contributed by atoms with Gasteiger partial charge in [0.15, 0.2) is 0 Å². The molecule has 242 valence electrons. The van der Waals surface area contributed by atoms with Gasteiger partial charge in [0, 0.05) is 72.0 Å². The second-order valence-corrected chi connectivity index (χ2v) is 13.7. The van der Waals surface area contributed by atoms with Crippen molar-refractivity contribution in [3.63, 3.8) is 0 Å². The lowest BCUT2D eigenvalue weighted by molar-refractivity contribution is 0.730. The number of thioether (sulfide) groups is 1. The minimum atomic E-state index is 0.720. The number of rotatable bonds is 13. The standard InChI is InChI=1S/C39H48ClN5S/c1-8-27-20-28(33-17-13-11-15-29(33)21-27)14-10-12-16-32-25(3)44(6)39-34(32)18-19-35(40)38(39)37-26(4)45(7)43-36(37)24-46-23-30(41)22-31(9-2)42-5/h11,13,15,17-22H,8-10,12,14,16,23-24,41H2,1-7H3. The molecule has 46 heavy (non-hydrogen) atoms. The Morgan fingerprint density at radius 3 is 2.48 bits per heavy atom. The molecule has 2 N–H and O–H groups in total. The quantitative estimate of drug-likeness (QED) is 0.102. The molecule has 0 fully saturated rings. The molecule has 0 saturated carbocycles. The lowest BCUT2D eigenvalue weighted by Crippen LogP contribution is -2.05. The van der Waals surface area contributed by atoms with E-state index in [-0.39, 0.29) is 0 Å². The number of hydrogen-bond acceptors (Lipinski definition) is 4. The van der Waals surface area contributed by atoms with E-state index >= 15 is 0 Å². The summed E-state index contributed by atoms with van der Waals surface area (Å²) < 4.78 is 4.32. The van der Waals surface area contributed by atoms with Crippen LogP contribution in [0.3, 0.4) is 0 Å². The van der Waals surface area contributed by atoms with E-state index in [0.717, 1.165) is 89.0 Å². The Labute approximate surface area is 283 Å². The van der Waals surface area contributed by atoms with Crippen molar-refractivity contribution in [1.29, 1.82) is 0 Å². The van der Waals surface area contributed by atoms with Gasteiger partial charge in [0.1, 0.15) is 0 Å². The Morgan fingerprint density at radius 2 is 1.74 bits per heavy atom. The van der Waals surface area contributed by atoms with Gasteiger partial charge in [-0.3, -0.25) is 9.67 Å². The highest BCUT2D eigenvalue weighted by atomic mass is 35.5. The zero-order chi connectivity index (χ0) is 33.0. The van der Waals surface area contributed by atoms with Crippen molar-refractivity contribution in [3.8, 4) is 11.1 Å². The van der Waals surface area contributed by atoms with Crippen LogP contribution in [0.2, 0.25) is 5.02 Å². The fourth-order valence-electron chi connectivity index (χ4n) is 6.71. The molecule has 0 atom stereocenters. The normalized spacial score (nSPS) is 12.6. The van der Waals surface area contributed by atoms with Crippen molar-refractivity contribution < 1.29 is 0 Å². The molecule has 0 aliphatic heterocycles. The van der Waals surface area contributed by atoms with Crippen molar-refractivity contribution in [2.24, 2.45) is 24.8 Å². The maximum absolute atomic E-state index is 7.07. The van der Waals surface area contributed by atoms with Crippen molar-refractivity contribution in [3.05, 3.63) is 99.1 Å². The SMILES string of the molecule is CCC(C=C(N)CSCc1nn(C)c(C)c1-c1c(Cl)ccc2c(CCCCc3cc(CC)cc4ccccc34)c(C)n(C)c12)=NC. The van der Waals surface area contributed by atoms with E-state index in [1.807, 2.05) is 24.9 Å². The molecule has 5 rings (SSSR count). The monoisotopic (exact) mass is 653 g/mol. The molecule has 3 aromatic carbocycles. The van der Waals surface area contributed by atoms with Crippen molar-refractivity contribution in [2.75, 3.05) is 12.8 Å². The molecule has 5 nitrogen and oxygen atoms in total. The highest BCUT2D eigenvalue weighted by Gasteiger charge is 2.24. The van der Waals surface area contributed by atoms with Gasteiger partial charge in [0.2, 0.25) is 0 Å². The summed E-state index contributed by atoms with van der Waals surface area (Å²) in [5.74, 6) is 1.46. The van der Waals surface area contributed by atoms with Crippen LogP contribution >= 0.6 is 23.4 Å². The van der Waals surface area contributed by atoms with Crippen LogP contribution in [0, 0.1) is 13.8 Å². The molecule has 0 radical (unpaired) electrons. The van der Waals surface area contributed by atoms with Crippen LogP contribution in [0.25, 0.3) is 32.8 Å². The molecule has 0 saturated heterocycles. The van der Waals surface area contributed by atoms with Crippen molar-refractivity contribution >= 4 is 50.7 Å². The summed E-state index contributed by atoms with van der Waals surface area (Å²) >= 11 is 8.84. The second-order valence-electron chi connectivity index (χ2n) is 12.3. The van der Waals surface area contributed by atoms with E-state index in [4.69, 9.17) is 22.4 Å². The summed E-state index contributed by atoms with van der Waals surface area (Å²) in [6, 6.07) is 17.9. The van der Waals surface area contributed by atoms with Crippen LogP contribution in [0.1, 0.15) is 66.9 Å². The summed E-state index contributed by atoms with van der Waals surface area (Å²) in [7, 11) is 6.01. The Morgan fingerprint density at radius 1 is 0.978 bits per heavy atom. The van der Waals surface area contributed by atoms with Gasteiger partial charge in [-0.15, -0.1) is 11.8 Å². The average molecular weight is 654 g/mol. The van der Waals surface area contributed by atoms with Crippen LogP contribution in [0.5, 0.6) is 0 Å². The first kappa shape index (κ1) is 33.9. The number of unbranched alkanes of at least 4 members (excludes halogenated alkanes) is 1. The zero-order valence-corrected chi connectivity index (χ0v) is 30.1. The summed E-state index contributed by atoms with van der Waals surface area (Å²) in [6.45, 7) is 8.72. The predicted molar refractivity (Wildman–Crippen MR) is 202 cm³/mol. The molecule has 5 aromatic rings. The molecular weight excluding hydrogens is 606 g/mol. The van der Waals surface area contributed by atoms with Gasteiger partial charge >= 0.3 is 0 Å². The molecule has 2 heterocycles. The first-order valence-electron chi connectivity index (χ1n) is 16.5. The number of fused-ring (bicyclic) bond motifs is 2. The summed E-state index contributed by atoms with van der Waals surface area (Å²) in [5, 5.41) is 9.74. The molecule has 0 aliphatic rings. The van der Waals surface area contributed by atoms with E-state index in [0.29, 0.717) is 0 Å². The highest BCUT2D eigenvalue weighted by molar-refractivity contribution is 7.98. The second kappa shape index (κ2) is 15.0. The third-order valence-electron chi connectivity index (χ3n) is 9.43. The van der Waals surface area contributed by atoms with Gasteiger partial charge in [0.25, 0.3) is 0 Å². The van der Waals surface area contributed by atoms with Crippen LogP contribution in [0.15, 0.2) is 65.3 Å². The van der Waals surface area contributed by atoms with Gasteiger partial charge in [-0.1, -0.05) is 67.9 Å². The Balaban J connectivity index is 1.40. The van der Waals surface area contributed by atoms with Crippen LogP contribution < -0.4 is 5.73 Å². The third-order valence-corrected chi connectivity index (χ3v) is 10.8. The first-order valence-corrected chi connectivity index (χ1v) is 18.0. The Bertz CT molecular complexity index is 1930. The predicted octanol–water partition coefficient (Wildman–Crippen LogP) is 9.69. The van der Waals surface area contributed by atoms with Gasteiger partial charge in [0.05, 0.1) is 16.2 Å². The van der Waals surface area contributed by atoms with Gasteiger partial charge in [-0.05, 0) is 92.0 Å². The number of hydrogen-bond donors (Lipinski definition) is 1. The van der Waals surface area contributed by atoms with E-state index < -0.39 is 0 Å². The first-order chi connectivity index (χ1) is 22.2. The maximum Gasteiger partial charge on any atom is 0.0805 e. The van der Waals surface area contributed by atoms with E-state index in [1.165, 1.54) is 44.1 Å². The van der Waals surface area contributed by atoms with Gasteiger partial charge < -0.3 is 10.3 Å². The smallest absolute Gasteiger partial charge is 0.0805 e. The molecular formula is C39H48ClN5S. The molecule has 0 amide bonds. The summed E-state index contributed by atoms with van der Waals surface area (Å²) in [5.41, 5.74) is 19.3. The minimum absolute atomic E-state index is 0.720. The lowest BCUT2D eigenvalue weighted by Gasteiger charge is -2.12. The number of nitrogens with two attached hydrogens (primary N) is 1. The van der Waals surface area contributed by atoms with Crippen LogP contribution in [0.4, 0.5) is 0 Å². The van der Waals surface area contributed by atoms with Crippen molar-refractivity contribution in [2.45, 2.75) is 72.0 Å². The fourth-order valence-corrected chi connectivity index (χ4v) is 7.78. The number of nitrogens with zero attached hydrogens (tertiary/aromatic N) is 4. The van der Waals surface area contributed by atoms with E-state index in [2.05, 4.69) is 92.8 Å². The molecule has 2 aromatic heterocycles. The van der Waals surface area contributed by atoms with Crippen molar-refractivity contribution in [1.82, 2.24) is 14.3 Å². The van der Waals surface area contributed by atoms with Gasteiger partial charge in [-0.25, -0.2) is 0 Å². The molecule has 0 unspecified atom stereocenters. The van der Waals surface area contributed by atoms with Gasteiger partial charge in [-0.2, -0.15) is 5.10 Å². The summed E-state index contributed by atoms with van der Waals surface area (Å²) in [6.07, 6.45) is 8.34. The van der Waals surface area contributed by atoms with E-state index in [1.54, 1.807) is 11.8 Å². The summed E-state index contributed by atoms with van der Waals surface area (Å²) in [4.78, 5) is 4.31. The molecule has 0 bridgehead atoms. The molecule has 0 spiro atoms. The number of allylic oxidation sites excluding steroid dienone is 1. The number of aromatic nitrogens is 3. The number of halogens is 1. The number of aliphatic imine (C=N–C) groups is 1. The Kier molecular flexibility index (Phi) is 11.0. The number of aryl methyl sites for hydroxylation is 5. The maximum atomic E-state index is 7.07. The average Bonchev–Trinajstić information content (AvgIpc) is 3.47.